The molecule has 1 aliphatic rings. The molecule has 4 aromatic heterocycles. The molecule has 5 heterocycles. The average Bonchev–Trinajstić information content (AvgIpc) is 3.61. The number of anilines is 1. The van der Waals surface area contributed by atoms with Gasteiger partial charge in [-0.3, -0.25) is 9.20 Å². The van der Waals surface area contributed by atoms with E-state index in [2.05, 4.69) is 26.8 Å². The zero-order chi connectivity index (χ0) is 29.4. The van der Waals surface area contributed by atoms with Gasteiger partial charge in [0.25, 0.3) is 5.91 Å². The third kappa shape index (κ3) is 5.49. The Hall–Kier alpha value is -5.30. The molecular formula is C32H31N7O3. The molecular weight excluding hydrogens is 530 g/mol. The number of aromatic nitrogens is 4. The molecule has 1 fully saturated rings. The summed E-state index contributed by atoms with van der Waals surface area (Å²) in [6, 6.07) is 15.2. The summed E-state index contributed by atoms with van der Waals surface area (Å²) in [6.07, 6.45) is 5.21. The number of hydrogen-bond acceptors (Lipinski definition) is 6. The number of pyridine rings is 2. The molecule has 42 heavy (non-hydrogen) atoms. The molecule has 6 rings (SSSR count). The lowest BCUT2D eigenvalue weighted by Gasteiger charge is -2.35. The number of benzene rings is 1. The van der Waals surface area contributed by atoms with Gasteiger partial charge in [-0.15, -0.1) is 0 Å². The largest absolute Gasteiger partial charge is 0.444 e. The van der Waals surface area contributed by atoms with Crippen LogP contribution in [-0.4, -0.2) is 72.9 Å². The van der Waals surface area contributed by atoms with Crippen LogP contribution >= 0.6 is 0 Å². The quantitative estimate of drug-likeness (QED) is 0.305. The number of H-pyrrole nitrogens is 1. The zero-order valence-electron chi connectivity index (χ0n) is 23.7. The molecule has 0 spiro atoms. The van der Waals surface area contributed by atoms with E-state index in [1.54, 1.807) is 22.1 Å². The SMILES string of the molecule is CC(C)(C)OC(=O)N1CCN(C(=O)c2ccc(-c3ccc4ncc(C#Cc5cc(N)nc6[nH]ccc56)n4c3)cc2)CC1. The van der Waals surface area contributed by atoms with E-state index in [0.717, 1.165) is 33.4 Å². The first kappa shape index (κ1) is 26.9. The number of ether oxygens (including phenoxy) is 1. The van der Waals surface area contributed by atoms with Crippen LogP contribution in [0.2, 0.25) is 0 Å². The van der Waals surface area contributed by atoms with Crippen molar-refractivity contribution in [3.63, 3.8) is 0 Å². The highest BCUT2D eigenvalue weighted by molar-refractivity contribution is 5.95. The molecule has 0 bridgehead atoms. The van der Waals surface area contributed by atoms with Crippen LogP contribution in [0.4, 0.5) is 10.6 Å². The van der Waals surface area contributed by atoms with Gasteiger partial charge in [0.1, 0.15) is 28.4 Å². The minimum Gasteiger partial charge on any atom is -0.444 e. The highest BCUT2D eigenvalue weighted by atomic mass is 16.6. The summed E-state index contributed by atoms with van der Waals surface area (Å²) in [4.78, 5) is 40.8. The zero-order valence-corrected chi connectivity index (χ0v) is 23.7. The van der Waals surface area contributed by atoms with E-state index in [0.29, 0.717) is 43.2 Å². The number of nitrogens with one attached hydrogen (secondary N) is 1. The molecule has 212 valence electrons. The van der Waals surface area contributed by atoms with Crippen molar-refractivity contribution in [2.24, 2.45) is 0 Å². The van der Waals surface area contributed by atoms with E-state index in [4.69, 9.17) is 10.5 Å². The lowest BCUT2D eigenvalue weighted by atomic mass is 10.0. The average molecular weight is 562 g/mol. The lowest BCUT2D eigenvalue weighted by molar-refractivity contribution is 0.0141. The van der Waals surface area contributed by atoms with Crippen molar-refractivity contribution in [3.8, 4) is 23.0 Å². The number of imidazole rings is 1. The molecule has 0 atom stereocenters. The fourth-order valence-electron chi connectivity index (χ4n) is 4.94. The van der Waals surface area contributed by atoms with E-state index in [1.807, 2.05) is 80.0 Å². The minimum atomic E-state index is -0.548. The van der Waals surface area contributed by atoms with Gasteiger partial charge < -0.3 is 25.3 Å². The number of nitrogens with two attached hydrogens (primary N) is 1. The summed E-state index contributed by atoms with van der Waals surface area (Å²) in [6.45, 7) is 7.34. The second-order valence-corrected chi connectivity index (χ2v) is 11.2. The topological polar surface area (TPSA) is 122 Å². The number of hydrogen-bond donors (Lipinski definition) is 2. The van der Waals surface area contributed by atoms with E-state index in [9.17, 15) is 9.59 Å². The van der Waals surface area contributed by atoms with E-state index in [-0.39, 0.29) is 12.0 Å². The first-order chi connectivity index (χ1) is 20.1. The van der Waals surface area contributed by atoms with Gasteiger partial charge in [-0.05, 0) is 74.2 Å². The Morgan fingerprint density at radius 2 is 1.67 bits per heavy atom. The first-order valence-electron chi connectivity index (χ1n) is 13.7. The summed E-state index contributed by atoms with van der Waals surface area (Å²) < 4.78 is 7.40. The number of piperazine rings is 1. The number of fused-ring (bicyclic) bond motifs is 2. The molecule has 2 amide bonds. The summed E-state index contributed by atoms with van der Waals surface area (Å²) >= 11 is 0. The predicted molar refractivity (Wildman–Crippen MR) is 161 cm³/mol. The maximum absolute atomic E-state index is 13.2. The number of aromatic amines is 1. The fourth-order valence-corrected chi connectivity index (χ4v) is 4.94. The highest BCUT2D eigenvalue weighted by Gasteiger charge is 2.28. The Morgan fingerprint density at radius 1 is 0.952 bits per heavy atom. The second-order valence-electron chi connectivity index (χ2n) is 11.2. The number of carbonyl (C=O) groups excluding carboxylic acids is 2. The Balaban J connectivity index is 1.17. The molecule has 10 nitrogen and oxygen atoms in total. The summed E-state index contributed by atoms with van der Waals surface area (Å²) in [5.41, 5.74) is 10.9. The van der Waals surface area contributed by atoms with Crippen LogP contribution in [0.15, 0.2) is 67.1 Å². The van der Waals surface area contributed by atoms with Gasteiger partial charge in [0.2, 0.25) is 0 Å². The standard InChI is InChI=1S/C32H31N7O3/c1-32(2,3)42-31(41)38-16-14-37(15-17-38)30(40)22-6-4-21(5-7-22)24-9-11-28-35-19-25(39(28)20-24)10-8-23-18-27(33)36-29-26(23)12-13-34-29/h4-7,9,11-13,18-20H,14-17H2,1-3H3,(H3,33,34,36). The number of nitrogens with zero attached hydrogens (tertiary/aromatic N) is 5. The Bertz CT molecular complexity index is 1860. The maximum Gasteiger partial charge on any atom is 0.410 e. The fraction of sp³-hybridized carbons (Fsp3) is 0.250. The van der Waals surface area contributed by atoms with Crippen molar-refractivity contribution in [2.45, 2.75) is 26.4 Å². The van der Waals surface area contributed by atoms with Crippen LogP contribution in [0.5, 0.6) is 0 Å². The van der Waals surface area contributed by atoms with Crippen LogP contribution in [0.3, 0.4) is 0 Å². The van der Waals surface area contributed by atoms with Gasteiger partial charge in [0, 0.05) is 55.1 Å². The van der Waals surface area contributed by atoms with Crippen LogP contribution in [0.1, 0.15) is 42.4 Å². The molecule has 0 radical (unpaired) electrons. The van der Waals surface area contributed by atoms with Crippen LogP contribution in [-0.2, 0) is 4.74 Å². The molecule has 10 heteroatoms. The molecule has 1 saturated heterocycles. The Morgan fingerprint density at radius 3 is 2.40 bits per heavy atom. The third-order valence-electron chi connectivity index (χ3n) is 7.06. The van der Waals surface area contributed by atoms with Crippen molar-refractivity contribution in [3.05, 3.63) is 83.9 Å². The number of amides is 2. The van der Waals surface area contributed by atoms with Crippen molar-refractivity contribution < 1.29 is 14.3 Å². The predicted octanol–water partition coefficient (Wildman–Crippen LogP) is 4.55. The maximum atomic E-state index is 13.2. The second kappa shape index (κ2) is 10.6. The normalized spacial score (nSPS) is 13.7. The first-order valence-corrected chi connectivity index (χ1v) is 13.7. The van der Waals surface area contributed by atoms with Crippen LogP contribution in [0.25, 0.3) is 27.8 Å². The smallest absolute Gasteiger partial charge is 0.410 e. The molecule has 0 saturated carbocycles. The molecule has 1 aliphatic heterocycles. The molecule has 0 unspecified atom stereocenters. The van der Waals surface area contributed by atoms with Gasteiger partial charge in [-0.25, -0.2) is 14.8 Å². The minimum absolute atomic E-state index is 0.0544. The van der Waals surface area contributed by atoms with Gasteiger partial charge in [0.05, 0.1) is 6.20 Å². The van der Waals surface area contributed by atoms with Gasteiger partial charge >= 0.3 is 6.09 Å². The molecule has 0 aliphatic carbocycles. The van der Waals surface area contributed by atoms with Crippen molar-refractivity contribution in [2.75, 3.05) is 31.9 Å². The van der Waals surface area contributed by atoms with Crippen molar-refractivity contribution in [1.82, 2.24) is 29.2 Å². The summed E-state index contributed by atoms with van der Waals surface area (Å²) in [5.74, 6) is 6.79. The van der Waals surface area contributed by atoms with E-state index >= 15 is 0 Å². The number of rotatable bonds is 2. The third-order valence-corrected chi connectivity index (χ3v) is 7.06. The molecule has 5 aromatic rings. The highest BCUT2D eigenvalue weighted by Crippen LogP contribution is 2.23. The number of nitrogen functional groups attached to an aromatic ring is 1. The van der Waals surface area contributed by atoms with Gasteiger partial charge in [0.15, 0.2) is 0 Å². The van der Waals surface area contributed by atoms with Crippen molar-refractivity contribution >= 4 is 34.5 Å². The monoisotopic (exact) mass is 561 g/mol. The Kier molecular flexibility index (Phi) is 6.78. The summed E-state index contributed by atoms with van der Waals surface area (Å²) in [7, 11) is 0. The van der Waals surface area contributed by atoms with Crippen LogP contribution < -0.4 is 5.73 Å². The molecule has 3 N–H and O–H groups in total. The van der Waals surface area contributed by atoms with Crippen molar-refractivity contribution in [1.29, 1.82) is 0 Å². The summed E-state index contributed by atoms with van der Waals surface area (Å²) in [5, 5.41) is 0.908. The number of carbonyl (C=O) groups is 2. The van der Waals surface area contributed by atoms with Gasteiger partial charge in [-0.1, -0.05) is 18.1 Å². The van der Waals surface area contributed by atoms with Gasteiger partial charge in [-0.2, -0.15) is 0 Å². The van der Waals surface area contributed by atoms with E-state index in [1.165, 1.54) is 0 Å². The molecule has 1 aromatic carbocycles. The lowest BCUT2D eigenvalue weighted by Crippen LogP contribution is -2.51. The van der Waals surface area contributed by atoms with E-state index < -0.39 is 5.60 Å². The van der Waals surface area contributed by atoms with Crippen LogP contribution in [0, 0.1) is 11.8 Å². The Labute approximate surface area is 243 Å².